The smallest absolute Gasteiger partial charge is 0.228 e. The van der Waals surface area contributed by atoms with Crippen molar-refractivity contribution in [3.63, 3.8) is 0 Å². The Hall–Kier alpha value is -2.01. The number of benzene rings is 1. The molecule has 0 saturated carbocycles. The number of carbonyl (C=O) groups is 1. The predicted molar refractivity (Wildman–Crippen MR) is 78.4 cm³/mol. The van der Waals surface area contributed by atoms with Crippen LogP contribution in [0.15, 0.2) is 18.2 Å². The molecule has 0 aliphatic carbocycles. The van der Waals surface area contributed by atoms with Crippen LogP contribution in [0.5, 0.6) is 5.75 Å². The molecule has 0 aliphatic heterocycles. The van der Waals surface area contributed by atoms with E-state index in [1.807, 2.05) is 13.8 Å². The van der Waals surface area contributed by atoms with Crippen molar-refractivity contribution >= 4 is 23.2 Å². The van der Waals surface area contributed by atoms with Gasteiger partial charge in [-0.1, -0.05) is 17.7 Å². The van der Waals surface area contributed by atoms with Crippen LogP contribution >= 0.6 is 11.6 Å². The Morgan fingerprint density at radius 2 is 2.20 bits per heavy atom. The Bertz CT molecular complexity index is 618. The van der Waals surface area contributed by atoms with E-state index < -0.39 is 0 Å². The molecule has 5 nitrogen and oxygen atoms in total. The van der Waals surface area contributed by atoms with Gasteiger partial charge in [-0.15, -0.1) is 0 Å². The van der Waals surface area contributed by atoms with E-state index in [0.717, 1.165) is 22.6 Å². The molecule has 20 heavy (non-hydrogen) atoms. The lowest BCUT2D eigenvalue weighted by Crippen LogP contribution is -2.15. The summed E-state index contributed by atoms with van der Waals surface area (Å²) in [5.41, 5.74) is 3.17. The van der Waals surface area contributed by atoms with E-state index in [1.165, 1.54) is 0 Å². The largest absolute Gasteiger partial charge is 0.495 e. The second-order valence-corrected chi connectivity index (χ2v) is 4.91. The van der Waals surface area contributed by atoms with Crippen molar-refractivity contribution in [3.05, 3.63) is 40.2 Å². The van der Waals surface area contributed by atoms with Gasteiger partial charge < -0.3 is 10.1 Å². The van der Waals surface area contributed by atoms with Gasteiger partial charge in [-0.05, 0) is 31.5 Å². The number of ether oxygens (including phenoxy) is 1. The number of aromatic amines is 1. The fraction of sp³-hybridized carbons (Fsp3) is 0.286. The molecule has 0 aliphatic rings. The Morgan fingerprint density at radius 1 is 1.45 bits per heavy atom. The van der Waals surface area contributed by atoms with E-state index in [4.69, 9.17) is 16.3 Å². The summed E-state index contributed by atoms with van der Waals surface area (Å²) in [6, 6.07) is 5.29. The number of hydrogen-bond acceptors (Lipinski definition) is 3. The highest BCUT2D eigenvalue weighted by Gasteiger charge is 2.11. The molecule has 0 fully saturated rings. The van der Waals surface area contributed by atoms with Crippen molar-refractivity contribution in [1.29, 1.82) is 0 Å². The molecule has 1 aromatic carbocycles. The summed E-state index contributed by atoms with van der Waals surface area (Å²) >= 11 is 5.95. The molecule has 1 amide bonds. The average Bonchev–Trinajstić information content (AvgIpc) is 2.72. The summed E-state index contributed by atoms with van der Waals surface area (Å²) in [4.78, 5) is 12.0. The molecule has 106 valence electrons. The number of nitrogens with one attached hydrogen (secondary N) is 2. The van der Waals surface area contributed by atoms with Crippen LogP contribution in [0.2, 0.25) is 5.02 Å². The molecule has 0 radical (unpaired) electrons. The van der Waals surface area contributed by atoms with Crippen LogP contribution in [-0.4, -0.2) is 23.2 Å². The minimum absolute atomic E-state index is 0.109. The Balaban J connectivity index is 2.09. The number of H-pyrrole nitrogens is 1. The zero-order valence-corrected chi connectivity index (χ0v) is 12.3. The maximum absolute atomic E-state index is 12.0. The number of methoxy groups -OCH3 is 1. The molecule has 0 spiro atoms. The molecule has 0 saturated heterocycles. The maximum Gasteiger partial charge on any atom is 0.228 e. The third kappa shape index (κ3) is 3.11. The van der Waals surface area contributed by atoms with Crippen LogP contribution in [0.3, 0.4) is 0 Å². The topological polar surface area (TPSA) is 67.0 Å². The van der Waals surface area contributed by atoms with Gasteiger partial charge in [0.15, 0.2) is 0 Å². The highest BCUT2D eigenvalue weighted by Crippen LogP contribution is 2.25. The number of anilines is 1. The second kappa shape index (κ2) is 5.96. The number of rotatable bonds is 4. The Morgan fingerprint density at radius 3 is 2.80 bits per heavy atom. The summed E-state index contributed by atoms with van der Waals surface area (Å²) in [6.07, 6.45) is 0.248. The summed E-state index contributed by atoms with van der Waals surface area (Å²) in [5, 5.41) is 10.2. The predicted octanol–water partition coefficient (Wildman–Crippen LogP) is 2.87. The number of hydrogen-bond donors (Lipinski definition) is 2. The first-order valence-corrected chi connectivity index (χ1v) is 6.53. The number of aromatic nitrogens is 2. The van der Waals surface area contributed by atoms with Gasteiger partial charge in [0, 0.05) is 0 Å². The maximum atomic E-state index is 12.0. The van der Waals surface area contributed by atoms with Crippen molar-refractivity contribution in [1.82, 2.24) is 10.2 Å². The van der Waals surface area contributed by atoms with E-state index in [2.05, 4.69) is 15.5 Å². The first-order valence-electron chi connectivity index (χ1n) is 6.15. The highest BCUT2D eigenvalue weighted by atomic mass is 35.5. The molecular formula is C14H16ClN3O2. The summed E-state index contributed by atoms with van der Waals surface area (Å²) in [5.74, 6) is 0.453. The van der Waals surface area contributed by atoms with Crippen molar-refractivity contribution < 1.29 is 9.53 Å². The van der Waals surface area contributed by atoms with Crippen LogP contribution in [0, 0.1) is 13.8 Å². The first kappa shape index (κ1) is 14.4. The van der Waals surface area contributed by atoms with Gasteiger partial charge in [-0.3, -0.25) is 9.89 Å². The minimum atomic E-state index is -0.109. The van der Waals surface area contributed by atoms with E-state index in [0.29, 0.717) is 10.8 Å². The Labute approximate surface area is 122 Å². The third-order valence-electron chi connectivity index (χ3n) is 2.97. The zero-order chi connectivity index (χ0) is 14.7. The number of amides is 1. The van der Waals surface area contributed by atoms with E-state index in [-0.39, 0.29) is 12.3 Å². The lowest BCUT2D eigenvalue weighted by molar-refractivity contribution is -0.115. The summed E-state index contributed by atoms with van der Waals surface area (Å²) in [7, 11) is 1.54. The third-order valence-corrected chi connectivity index (χ3v) is 3.28. The quantitative estimate of drug-likeness (QED) is 0.911. The van der Waals surface area contributed by atoms with E-state index in [1.54, 1.807) is 25.3 Å². The monoisotopic (exact) mass is 293 g/mol. The van der Waals surface area contributed by atoms with Crippen molar-refractivity contribution in [2.75, 3.05) is 12.4 Å². The van der Waals surface area contributed by atoms with Crippen molar-refractivity contribution in [2.45, 2.75) is 20.3 Å². The van der Waals surface area contributed by atoms with Gasteiger partial charge in [-0.25, -0.2) is 0 Å². The van der Waals surface area contributed by atoms with Gasteiger partial charge in [0.05, 0.1) is 35.6 Å². The fourth-order valence-corrected chi connectivity index (χ4v) is 2.11. The zero-order valence-electron chi connectivity index (χ0n) is 11.6. The molecule has 0 unspecified atom stereocenters. The molecule has 0 bridgehead atoms. The van der Waals surface area contributed by atoms with E-state index in [9.17, 15) is 4.79 Å². The van der Waals surface area contributed by atoms with Gasteiger partial charge in [-0.2, -0.15) is 5.10 Å². The molecule has 2 rings (SSSR count). The molecular weight excluding hydrogens is 278 g/mol. The molecule has 2 aromatic rings. The van der Waals surface area contributed by atoms with Crippen LogP contribution in [0.4, 0.5) is 5.69 Å². The van der Waals surface area contributed by atoms with Gasteiger partial charge >= 0.3 is 0 Å². The van der Waals surface area contributed by atoms with Crippen LogP contribution in [-0.2, 0) is 11.2 Å². The van der Waals surface area contributed by atoms with Crippen LogP contribution in [0.1, 0.15) is 17.0 Å². The number of aryl methyl sites for hydroxylation is 2. The lowest BCUT2D eigenvalue weighted by Gasteiger charge is -2.08. The molecule has 1 aromatic heterocycles. The van der Waals surface area contributed by atoms with Crippen molar-refractivity contribution in [3.8, 4) is 5.75 Å². The van der Waals surface area contributed by atoms with Gasteiger partial charge in [0.1, 0.15) is 5.75 Å². The molecule has 2 N–H and O–H groups in total. The number of nitrogens with zero attached hydrogens (tertiary/aromatic N) is 1. The number of carbonyl (C=O) groups excluding carboxylic acids is 1. The highest BCUT2D eigenvalue weighted by molar-refractivity contribution is 6.32. The van der Waals surface area contributed by atoms with Gasteiger partial charge in [0.2, 0.25) is 5.91 Å². The average molecular weight is 294 g/mol. The van der Waals surface area contributed by atoms with Gasteiger partial charge in [0.25, 0.3) is 0 Å². The van der Waals surface area contributed by atoms with Crippen LogP contribution < -0.4 is 10.1 Å². The normalized spacial score (nSPS) is 10.4. The summed E-state index contributed by atoms with van der Waals surface area (Å²) in [6.45, 7) is 3.70. The molecule has 0 atom stereocenters. The van der Waals surface area contributed by atoms with E-state index >= 15 is 0 Å². The van der Waals surface area contributed by atoms with Crippen molar-refractivity contribution in [2.24, 2.45) is 0 Å². The van der Waals surface area contributed by atoms with Crippen LogP contribution in [0.25, 0.3) is 0 Å². The molecule has 1 heterocycles. The minimum Gasteiger partial charge on any atom is -0.495 e. The SMILES string of the molecule is COc1cc(CC(=O)Nc2c(C)n[nH]c2C)ccc1Cl. The number of halogens is 1. The Kier molecular flexibility index (Phi) is 4.29. The fourth-order valence-electron chi connectivity index (χ4n) is 1.92. The molecule has 6 heteroatoms. The second-order valence-electron chi connectivity index (χ2n) is 4.50. The lowest BCUT2D eigenvalue weighted by atomic mass is 10.1. The summed E-state index contributed by atoms with van der Waals surface area (Å²) < 4.78 is 5.13. The standard InChI is InChI=1S/C14H16ClN3O2/c1-8-14(9(2)18-17-8)16-13(19)7-10-4-5-11(15)12(6-10)20-3/h4-6H,7H2,1-3H3,(H,16,19)(H,17,18). The first-order chi connectivity index (χ1) is 9.51.